The zero-order chi connectivity index (χ0) is 13.4. The number of halogens is 1. The van der Waals surface area contributed by atoms with Crippen LogP contribution in [-0.4, -0.2) is 15.8 Å². The topological polar surface area (TPSA) is 45.8 Å². The smallest absolute Gasteiger partial charge is 0.162 e. The molecule has 3 aromatic rings. The number of hydrogen-bond acceptors (Lipinski definition) is 2. The van der Waals surface area contributed by atoms with Crippen LogP contribution >= 0.6 is 0 Å². The van der Waals surface area contributed by atoms with Gasteiger partial charge in [0.15, 0.2) is 5.78 Å². The zero-order valence-electron chi connectivity index (χ0n) is 10.3. The number of H-pyrrole nitrogens is 1. The van der Waals surface area contributed by atoms with Gasteiger partial charge >= 0.3 is 0 Å². The summed E-state index contributed by atoms with van der Waals surface area (Å²) in [5.41, 5.74) is 2.78. The van der Waals surface area contributed by atoms with Crippen LogP contribution in [0.2, 0.25) is 0 Å². The number of Topliss-reactive ketones (excluding diaryl/α,β-unsaturated/α-hetero) is 1. The SMILES string of the molecule is CC(=O)c1c[nH]c2ncc(-c3cccc(F)c3)cc12. The van der Waals surface area contributed by atoms with Crippen molar-refractivity contribution in [2.24, 2.45) is 0 Å². The van der Waals surface area contributed by atoms with E-state index in [1.165, 1.54) is 19.1 Å². The van der Waals surface area contributed by atoms with Crippen molar-refractivity contribution in [3.8, 4) is 11.1 Å². The van der Waals surface area contributed by atoms with Crippen LogP contribution in [0.3, 0.4) is 0 Å². The van der Waals surface area contributed by atoms with Crippen molar-refractivity contribution < 1.29 is 9.18 Å². The lowest BCUT2D eigenvalue weighted by atomic mass is 10.0. The van der Waals surface area contributed by atoms with Crippen molar-refractivity contribution in [2.75, 3.05) is 0 Å². The Kier molecular flexibility index (Phi) is 2.63. The minimum absolute atomic E-state index is 0.0237. The van der Waals surface area contributed by atoms with Gasteiger partial charge in [-0.15, -0.1) is 0 Å². The number of nitrogens with one attached hydrogen (secondary N) is 1. The Morgan fingerprint density at radius 3 is 2.84 bits per heavy atom. The third-order valence-electron chi connectivity index (χ3n) is 3.07. The van der Waals surface area contributed by atoms with Crippen molar-refractivity contribution >= 4 is 16.8 Å². The van der Waals surface area contributed by atoms with Gasteiger partial charge in [0.05, 0.1) is 0 Å². The first-order chi connectivity index (χ1) is 9.15. The van der Waals surface area contributed by atoms with Gasteiger partial charge in [-0.1, -0.05) is 12.1 Å². The Morgan fingerprint density at radius 1 is 1.26 bits per heavy atom. The fraction of sp³-hybridized carbons (Fsp3) is 0.0667. The second-order valence-corrected chi connectivity index (χ2v) is 4.39. The summed E-state index contributed by atoms with van der Waals surface area (Å²) < 4.78 is 13.2. The van der Waals surface area contributed by atoms with Gasteiger partial charge in [-0.05, 0) is 30.7 Å². The number of benzene rings is 1. The van der Waals surface area contributed by atoms with Crippen molar-refractivity contribution in [2.45, 2.75) is 6.92 Å². The fourth-order valence-corrected chi connectivity index (χ4v) is 2.12. The van der Waals surface area contributed by atoms with E-state index in [4.69, 9.17) is 0 Å². The first-order valence-corrected chi connectivity index (χ1v) is 5.89. The molecule has 19 heavy (non-hydrogen) atoms. The highest BCUT2D eigenvalue weighted by Gasteiger charge is 2.10. The van der Waals surface area contributed by atoms with E-state index in [0.717, 1.165) is 16.5 Å². The van der Waals surface area contributed by atoms with Crippen LogP contribution in [0.1, 0.15) is 17.3 Å². The van der Waals surface area contributed by atoms with Gasteiger partial charge in [-0.2, -0.15) is 0 Å². The van der Waals surface area contributed by atoms with E-state index in [1.54, 1.807) is 18.5 Å². The summed E-state index contributed by atoms with van der Waals surface area (Å²) in [5, 5.41) is 0.759. The molecule has 0 radical (unpaired) electrons. The minimum atomic E-state index is -0.293. The summed E-state index contributed by atoms with van der Waals surface area (Å²) in [7, 11) is 0. The molecule has 0 unspecified atom stereocenters. The molecule has 3 nitrogen and oxygen atoms in total. The normalized spacial score (nSPS) is 10.8. The van der Waals surface area contributed by atoms with Gasteiger partial charge < -0.3 is 4.98 Å². The molecule has 0 spiro atoms. The second kappa shape index (κ2) is 4.31. The Balaban J connectivity index is 2.20. The van der Waals surface area contributed by atoms with Gasteiger partial charge in [-0.3, -0.25) is 4.79 Å². The molecule has 94 valence electrons. The Morgan fingerprint density at radius 2 is 2.11 bits per heavy atom. The molecule has 2 aromatic heterocycles. The van der Waals surface area contributed by atoms with E-state index in [1.807, 2.05) is 12.1 Å². The quantitative estimate of drug-likeness (QED) is 0.710. The third-order valence-corrected chi connectivity index (χ3v) is 3.07. The number of nitrogens with zero attached hydrogens (tertiary/aromatic N) is 1. The number of aromatic nitrogens is 2. The highest BCUT2D eigenvalue weighted by atomic mass is 19.1. The number of pyridine rings is 1. The molecule has 2 heterocycles. The largest absolute Gasteiger partial charge is 0.345 e. The van der Waals surface area contributed by atoms with E-state index >= 15 is 0 Å². The summed E-state index contributed by atoms with van der Waals surface area (Å²) in [6, 6.07) is 8.16. The Labute approximate surface area is 109 Å². The summed E-state index contributed by atoms with van der Waals surface area (Å²) in [6.07, 6.45) is 3.31. The second-order valence-electron chi connectivity index (χ2n) is 4.39. The molecule has 0 saturated heterocycles. The van der Waals surface area contributed by atoms with Crippen LogP contribution in [0.15, 0.2) is 42.7 Å². The van der Waals surface area contributed by atoms with Crippen molar-refractivity contribution in [1.29, 1.82) is 0 Å². The van der Waals surface area contributed by atoms with Gasteiger partial charge in [0, 0.05) is 28.9 Å². The monoisotopic (exact) mass is 254 g/mol. The predicted molar refractivity (Wildman–Crippen MR) is 71.5 cm³/mol. The first kappa shape index (κ1) is 11.6. The van der Waals surface area contributed by atoms with Gasteiger partial charge in [0.1, 0.15) is 11.5 Å². The van der Waals surface area contributed by atoms with E-state index in [9.17, 15) is 9.18 Å². The summed E-state index contributed by atoms with van der Waals surface area (Å²) in [6.45, 7) is 1.51. The van der Waals surface area contributed by atoms with E-state index < -0.39 is 0 Å². The number of hydrogen-bond donors (Lipinski definition) is 1. The molecule has 3 rings (SSSR count). The van der Waals surface area contributed by atoms with Crippen molar-refractivity contribution in [3.05, 3.63) is 54.1 Å². The molecule has 1 aromatic carbocycles. The van der Waals surface area contributed by atoms with Crippen LogP contribution in [0.4, 0.5) is 4.39 Å². The highest BCUT2D eigenvalue weighted by molar-refractivity contribution is 6.06. The van der Waals surface area contributed by atoms with Crippen LogP contribution in [-0.2, 0) is 0 Å². The minimum Gasteiger partial charge on any atom is -0.345 e. The van der Waals surface area contributed by atoms with Crippen LogP contribution < -0.4 is 0 Å². The average Bonchev–Trinajstić information content (AvgIpc) is 2.81. The maximum absolute atomic E-state index is 13.2. The third kappa shape index (κ3) is 2.01. The number of fused-ring (bicyclic) bond motifs is 1. The van der Waals surface area contributed by atoms with E-state index in [0.29, 0.717) is 11.2 Å². The highest BCUT2D eigenvalue weighted by Crippen LogP contribution is 2.25. The number of carbonyl (C=O) groups excluding carboxylic acids is 1. The number of rotatable bonds is 2. The Bertz CT molecular complexity index is 777. The van der Waals surface area contributed by atoms with Crippen LogP contribution in [0, 0.1) is 5.82 Å². The standard InChI is InChI=1S/C15H11FN2O/c1-9(19)14-8-18-15-13(14)6-11(7-17-15)10-3-2-4-12(16)5-10/h2-8H,1H3,(H,17,18). The molecule has 4 heteroatoms. The molecule has 0 amide bonds. The Hall–Kier alpha value is -2.49. The fourth-order valence-electron chi connectivity index (χ4n) is 2.12. The maximum atomic E-state index is 13.2. The van der Waals surface area contributed by atoms with Crippen LogP contribution in [0.25, 0.3) is 22.2 Å². The number of carbonyl (C=O) groups is 1. The lowest BCUT2D eigenvalue weighted by Gasteiger charge is -2.02. The first-order valence-electron chi connectivity index (χ1n) is 5.89. The molecule has 0 bridgehead atoms. The van der Waals surface area contributed by atoms with E-state index in [-0.39, 0.29) is 11.6 Å². The van der Waals surface area contributed by atoms with Crippen LogP contribution in [0.5, 0.6) is 0 Å². The number of ketones is 1. The van der Waals surface area contributed by atoms with Gasteiger partial charge in [0.25, 0.3) is 0 Å². The lowest BCUT2D eigenvalue weighted by Crippen LogP contribution is -1.90. The molecular formula is C15H11FN2O. The summed E-state index contributed by atoms with van der Waals surface area (Å²) in [5.74, 6) is -0.317. The maximum Gasteiger partial charge on any atom is 0.162 e. The zero-order valence-corrected chi connectivity index (χ0v) is 10.3. The molecule has 0 fully saturated rings. The van der Waals surface area contributed by atoms with Crippen molar-refractivity contribution in [3.63, 3.8) is 0 Å². The van der Waals surface area contributed by atoms with Crippen molar-refractivity contribution in [1.82, 2.24) is 9.97 Å². The van der Waals surface area contributed by atoms with Gasteiger partial charge in [0.2, 0.25) is 0 Å². The van der Waals surface area contributed by atoms with E-state index in [2.05, 4.69) is 9.97 Å². The van der Waals surface area contributed by atoms with Gasteiger partial charge in [-0.25, -0.2) is 9.37 Å². The number of aromatic amines is 1. The summed E-state index contributed by atoms with van der Waals surface area (Å²) in [4.78, 5) is 18.7. The molecule has 0 aliphatic heterocycles. The molecule has 0 atom stereocenters. The molecule has 1 N–H and O–H groups in total. The predicted octanol–water partition coefficient (Wildman–Crippen LogP) is 3.57. The molecule has 0 aliphatic carbocycles. The summed E-state index contributed by atoms with van der Waals surface area (Å²) >= 11 is 0. The molecular weight excluding hydrogens is 243 g/mol. The molecule has 0 aliphatic rings. The average molecular weight is 254 g/mol. The lowest BCUT2D eigenvalue weighted by molar-refractivity contribution is 0.101. The molecule has 0 saturated carbocycles.